The van der Waals surface area contributed by atoms with Gasteiger partial charge in [0.2, 0.25) is 0 Å². The maximum atomic E-state index is 13.7. The van der Waals surface area contributed by atoms with Crippen molar-refractivity contribution in [2.45, 2.75) is 6.61 Å². The third kappa shape index (κ3) is 4.22. The summed E-state index contributed by atoms with van der Waals surface area (Å²) < 4.78 is 33.0. The maximum absolute atomic E-state index is 13.7. The van der Waals surface area contributed by atoms with Crippen LogP contribution in [0, 0.1) is 11.6 Å². The number of rotatable bonds is 5. The van der Waals surface area contributed by atoms with Crippen molar-refractivity contribution in [3.05, 3.63) is 87.4 Å². The molecule has 9 heteroatoms. The first-order chi connectivity index (χ1) is 14.4. The number of anilines is 1. The fourth-order valence-electron chi connectivity index (χ4n) is 2.87. The number of nitrogens with zero attached hydrogens (tertiary/aromatic N) is 1. The van der Waals surface area contributed by atoms with Gasteiger partial charge >= 0.3 is 0 Å². The van der Waals surface area contributed by atoms with Crippen molar-refractivity contribution in [2.75, 3.05) is 5.32 Å². The van der Waals surface area contributed by atoms with Gasteiger partial charge in [-0.3, -0.25) is 9.89 Å². The lowest BCUT2D eigenvalue weighted by Gasteiger charge is -2.08. The summed E-state index contributed by atoms with van der Waals surface area (Å²) >= 11 is 11.9. The number of fused-ring (bicyclic) bond motifs is 1. The molecular formula is C21H13Cl2F2N3O2. The van der Waals surface area contributed by atoms with E-state index in [-0.39, 0.29) is 17.7 Å². The van der Waals surface area contributed by atoms with Crippen molar-refractivity contribution in [3.63, 3.8) is 0 Å². The Morgan fingerprint density at radius 3 is 2.43 bits per heavy atom. The monoisotopic (exact) mass is 447 g/mol. The van der Waals surface area contributed by atoms with Crippen molar-refractivity contribution in [1.29, 1.82) is 0 Å². The van der Waals surface area contributed by atoms with E-state index in [1.54, 1.807) is 18.2 Å². The number of hydrogen-bond donors (Lipinski definition) is 2. The Bertz CT molecular complexity index is 1220. The molecule has 1 amide bonds. The lowest BCUT2D eigenvalue weighted by molar-refractivity contribution is 0.102. The molecular weight excluding hydrogens is 435 g/mol. The number of halogens is 4. The smallest absolute Gasteiger partial charge is 0.256 e. The van der Waals surface area contributed by atoms with Gasteiger partial charge in [0.05, 0.1) is 11.1 Å². The standard InChI is InChI=1S/C21H13Cl2F2N3O2/c22-12-6-11(7-13(23)8-12)21(29)26-20-15-5-4-14(9-19(15)27-28-20)30-10-16-17(24)2-1-3-18(16)25/h1-9H,10H2,(H2,26,27,28,29). The van der Waals surface area contributed by atoms with E-state index in [1.807, 2.05) is 0 Å². The molecule has 1 heterocycles. The van der Waals surface area contributed by atoms with Crippen LogP contribution in [0.2, 0.25) is 10.0 Å². The van der Waals surface area contributed by atoms with E-state index in [0.29, 0.717) is 32.5 Å². The Hall–Kier alpha value is -3.16. The first-order valence-corrected chi connectivity index (χ1v) is 9.47. The molecule has 2 N–H and O–H groups in total. The summed E-state index contributed by atoms with van der Waals surface area (Å²) in [5, 5.41) is 10.9. The molecule has 0 aliphatic heterocycles. The van der Waals surface area contributed by atoms with Crippen LogP contribution in [-0.2, 0) is 6.61 Å². The fraction of sp³-hybridized carbons (Fsp3) is 0.0476. The van der Waals surface area contributed by atoms with Gasteiger partial charge in [0.25, 0.3) is 5.91 Å². The van der Waals surface area contributed by atoms with E-state index in [2.05, 4.69) is 15.5 Å². The second-order valence-electron chi connectivity index (χ2n) is 6.38. The Morgan fingerprint density at radius 1 is 1.03 bits per heavy atom. The van der Waals surface area contributed by atoms with Crippen LogP contribution in [0.3, 0.4) is 0 Å². The Labute approximate surface area is 179 Å². The first kappa shape index (κ1) is 20.1. The predicted octanol–water partition coefficient (Wildman–Crippen LogP) is 5.98. The minimum atomic E-state index is -0.677. The van der Waals surface area contributed by atoms with E-state index in [9.17, 15) is 13.6 Å². The third-order valence-corrected chi connectivity index (χ3v) is 4.77. The predicted molar refractivity (Wildman–Crippen MR) is 111 cm³/mol. The highest BCUT2D eigenvalue weighted by atomic mass is 35.5. The molecule has 0 aliphatic rings. The van der Waals surface area contributed by atoms with Crippen LogP contribution < -0.4 is 10.1 Å². The summed E-state index contributed by atoms with van der Waals surface area (Å²) in [4.78, 5) is 12.5. The van der Waals surface area contributed by atoms with Gasteiger partial charge in [0, 0.05) is 27.1 Å². The molecule has 0 aliphatic carbocycles. The third-order valence-electron chi connectivity index (χ3n) is 4.34. The molecule has 30 heavy (non-hydrogen) atoms. The van der Waals surface area contributed by atoms with Crippen LogP contribution in [0.1, 0.15) is 15.9 Å². The normalized spacial score (nSPS) is 10.9. The fourth-order valence-corrected chi connectivity index (χ4v) is 3.40. The van der Waals surface area contributed by atoms with Gasteiger partial charge in [-0.15, -0.1) is 0 Å². The summed E-state index contributed by atoms with van der Waals surface area (Å²) in [6.45, 7) is -0.267. The van der Waals surface area contributed by atoms with Crippen LogP contribution in [0.25, 0.3) is 10.9 Å². The Morgan fingerprint density at radius 2 is 1.73 bits per heavy atom. The van der Waals surface area contributed by atoms with Crippen LogP contribution in [-0.4, -0.2) is 16.1 Å². The van der Waals surface area contributed by atoms with Gasteiger partial charge in [-0.2, -0.15) is 5.10 Å². The average Bonchev–Trinajstić information content (AvgIpc) is 3.09. The lowest BCUT2D eigenvalue weighted by Crippen LogP contribution is -2.12. The number of ether oxygens (including phenoxy) is 1. The molecule has 0 bridgehead atoms. The molecule has 0 spiro atoms. The average molecular weight is 448 g/mol. The molecule has 0 saturated heterocycles. The van der Waals surface area contributed by atoms with Crippen LogP contribution in [0.15, 0.2) is 54.6 Å². The number of H-pyrrole nitrogens is 1. The SMILES string of the molecule is O=C(Nc1n[nH]c2cc(OCc3c(F)cccc3F)ccc12)c1cc(Cl)cc(Cl)c1. The van der Waals surface area contributed by atoms with Crippen molar-refractivity contribution in [2.24, 2.45) is 0 Å². The van der Waals surface area contributed by atoms with E-state index < -0.39 is 17.5 Å². The molecule has 0 unspecified atom stereocenters. The number of hydrogen-bond acceptors (Lipinski definition) is 3. The second-order valence-corrected chi connectivity index (χ2v) is 7.25. The molecule has 3 aromatic carbocycles. The zero-order valence-electron chi connectivity index (χ0n) is 15.2. The highest BCUT2D eigenvalue weighted by Gasteiger charge is 2.14. The number of carbonyl (C=O) groups excluding carboxylic acids is 1. The van der Waals surface area contributed by atoms with E-state index in [0.717, 1.165) is 0 Å². The first-order valence-electron chi connectivity index (χ1n) is 8.72. The van der Waals surface area contributed by atoms with E-state index >= 15 is 0 Å². The second kappa shape index (κ2) is 8.30. The molecule has 0 atom stereocenters. The largest absolute Gasteiger partial charge is 0.489 e. The molecule has 152 valence electrons. The molecule has 4 rings (SSSR count). The number of amides is 1. The van der Waals surface area contributed by atoms with Crippen LogP contribution >= 0.6 is 23.2 Å². The Kier molecular flexibility index (Phi) is 5.57. The van der Waals surface area contributed by atoms with Gasteiger partial charge in [-0.1, -0.05) is 29.3 Å². The number of nitrogens with one attached hydrogen (secondary N) is 2. The molecule has 4 aromatic rings. The number of carbonyl (C=O) groups is 1. The minimum Gasteiger partial charge on any atom is -0.489 e. The summed E-state index contributed by atoms with van der Waals surface area (Å²) in [5.41, 5.74) is 0.701. The quantitative estimate of drug-likeness (QED) is 0.395. The van der Waals surface area contributed by atoms with Crippen molar-refractivity contribution in [3.8, 4) is 5.75 Å². The zero-order valence-corrected chi connectivity index (χ0v) is 16.7. The maximum Gasteiger partial charge on any atom is 0.256 e. The van der Waals surface area contributed by atoms with E-state index in [4.69, 9.17) is 27.9 Å². The highest BCUT2D eigenvalue weighted by molar-refractivity contribution is 6.35. The van der Waals surface area contributed by atoms with Gasteiger partial charge in [0.1, 0.15) is 24.0 Å². The van der Waals surface area contributed by atoms with Crippen LogP contribution in [0.4, 0.5) is 14.6 Å². The molecule has 0 saturated carbocycles. The summed E-state index contributed by atoms with van der Waals surface area (Å²) in [6, 6.07) is 13.0. The molecule has 0 fully saturated rings. The van der Waals surface area contributed by atoms with Crippen molar-refractivity contribution >= 4 is 45.8 Å². The van der Waals surface area contributed by atoms with Crippen molar-refractivity contribution < 1.29 is 18.3 Å². The molecule has 0 radical (unpaired) electrons. The van der Waals surface area contributed by atoms with Crippen LogP contribution in [0.5, 0.6) is 5.75 Å². The van der Waals surface area contributed by atoms with Crippen molar-refractivity contribution in [1.82, 2.24) is 10.2 Å². The number of aromatic nitrogens is 2. The molecule has 1 aromatic heterocycles. The molecule has 5 nitrogen and oxygen atoms in total. The van der Waals surface area contributed by atoms with Gasteiger partial charge in [0.15, 0.2) is 5.82 Å². The zero-order chi connectivity index (χ0) is 21.3. The summed E-state index contributed by atoms with van der Waals surface area (Å²) in [6.07, 6.45) is 0. The van der Waals surface area contributed by atoms with E-state index in [1.165, 1.54) is 36.4 Å². The summed E-state index contributed by atoms with van der Waals surface area (Å²) in [5.74, 6) is -1.10. The Balaban J connectivity index is 1.51. The van der Waals surface area contributed by atoms with Gasteiger partial charge < -0.3 is 10.1 Å². The minimum absolute atomic E-state index is 0.157. The van der Waals surface area contributed by atoms with Gasteiger partial charge in [-0.05, 0) is 42.5 Å². The lowest BCUT2D eigenvalue weighted by atomic mass is 10.2. The van der Waals surface area contributed by atoms with Gasteiger partial charge in [-0.25, -0.2) is 8.78 Å². The number of benzene rings is 3. The summed E-state index contributed by atoms with van der Waals surface area (Å²) in [7, 11) is 0. The highest BCUT2D eigenvalue weighted by Crippen LogP contribution is 2.27. The topological polar surface area (TPSA) is 67.0 Å². The number of aromatic amines is 1.